The highest BCUT2D eigenvalue weighted by Crippen LogP contribution is 2.22. The standard InChI is InChI=1S/C23H17ClN2O/c24-22-11-9-19(15-18(22)8-10-21-7-3-4-13-25-21)23(27)26-14-12-17-5-1-2-6-20(17)16-26/h1-7,9,11,13,15H,12,14,16H2. The Morgan fingerprint density at radius 3 is 2.63 bits per heavy atom. The Bertz CT molecular complexity index is 1050. The number of pyridine rings is 1. The third-order valence-electron chi connectivity index (χ3n) is 4.62. The molecule has 1 aliphatic heterocycles. The summed E-state index contributed by atoms with van der Waals surface area (Å²) >= 11 is 6.27. The lowest BCUT2D eigenvalue weighted by Crippen LogP contribution is -2.35. The molecule has 0 radical (unpaired) electrons. The molecule has 0 saturated carbocycles. The van der Waals surface area contributed by atoms with Gasteiger partial charge in [0.2, 0.25) is 0 Å². The summed E-state index contributed by atoms with van der Waals surface area (Å²) in [7, 11) is 0. The maximum atomic E-state index is 13.0. The van der Waals surface area contributed by atoms with Gasteiger partial charge in [0.15, 0.2) is 0 Å². The molecule has 27 heavy (non-hydrogen) atoms. The molecule has 1 amide bonds. The molecule has 0 atom stereocenters. The second-order valence-electron chi connectivity index (χ2n) is 6.41. The minimum atomic E-state index is 0.00190. The Hall–Kier alpha value is -3.09. The lowest BCUT2D eigenvalue weighted by atomic mass is 9.99. The summed E-state index contributed by atoms with van der Waals surface area (Å²) in [5.74, 6) is 6.02. The minimum absolute atomic E-state index is 0.00190. The number of aromatic nitrogens is 1. The number of rotatable bonds is 1. The van der Waals surface area contributed by atoms with E-state index in [1.165, 1.54) is 11.1 Å². The molecular weight excluding hydrogens is 356 g/mol. The number of benzene rings is 2. The monoisotopic (exact) mass is 372 g/mol. The van der Waals surface area contributed by atoms with Crippen LogP contribution in [0.25, 0.3) is 0 Å². The van der Waals surface area contributed by atoms with Crippen LogP contribution in [-0.4, -0.2) is 22.3 Å². The fraction of sp³-hybridized carbons (Fsp3) is 0.130. The van der Waals surface area contributed by atoms with Crippen LogP contribution in [0.5, 0.6) is 0 Å². The van der Waals surface area contributed by atoms with Crippen LogP contribution < -0.4 is 0 Å². The molecule has 0 aliphatic carbocycles. The first-order valence-corrected chi connectivity index (χ1v) is 9.17. The molecule has 0 spiro atoms. The predicted molar refractivity (Wildman–Crippen MR) is 107 cm³/mol. The Kier molecular flexibility index (Phi) is 4.91. The molecule has 0 fully saturated rings. The van der Waals surface area contributed by atoms with Crippen molar-refractivity contribution in [3.8, 4) is 11.8 Å². The van der Waals surface area contributed by atoms with Crippen LogP contribution in [0.15, 0.2) is 66.9 Å². The number of carbonyl (C=O) groups is 1. The Balaban J connectivity index is 1.58. The van der Waals surface area contributed by atoms with Crippen LogP contribution >= 0.6 is 11.6 Å². The van der Waals surface area contributed by atoms with Crippen molar-refractivity contribution >= 4 is 17.5 Å². The van der Waals surface area contributed by atoms with Crippen molar-refractivity contribution in [1.82, 2.24) is 9.88 Å². The molecule has 2 heterocycles. The Morgan fingerprint density at radius 1 is 1.00 bits per heavy atom. The number of carbonyl (C=O) groups excluding carboxylic acids is 1. The lowest BCUT2D eigenvalue weighted by molar-refractivity contribution is 0.0734. The summed E-state index contributed by atoms with van der Waals surface area (Å²) in [4.78, 5) is 19.0. The molecule has 3 nitrogen and oxygen atoms in total. The molecule has 0 unspecified atom stereocenters. The van der Waals surface area contributed by atoms with E-state index in [1.54, 1.807) is 24.4 Å². The normalized spacial score (nSPS) is 12.7. The van der Waals surface area contributed by atoms with Gasteiger partial charge in [-0.2, -0.15) is 0 Å². The van der Waals surface area contributed by atoms with Crippen molar-refractivity contribution in [2.75, 3.05) is 6.54 Å². The summed E-state index contributed by atoms with van der Waals surface area (Å²) in [6.45, 7) is 1.35. The van der Waals surface area contributed by atoms with E-state index < -0.39 is 0 Å². The molecular formula is C23H17ClN2O. The van der Waals surface area contributed by atoms with Crippen molar-refractivity contribution in [2.24, 2.45) is 0 Å². The van der Waals surface area contributed by atoms with Gasteiger partial charge in [-0.15, -0.1) is 0 Å². The topological polar surface area (TPSA) is 33.2 Å². The van der Waals surface area contributed by atoms with Gasteiger partial charge < -0.3 is 4.90 Å². The largest absolute Gasteiger partial charge is 0.334 e. The Morgan fingerprint density at radius 2 is 1.81 bits per heavy atom. The summed E-state index contributed by atoms with van der Waals surface area (Å²) in [5.41, 5.74) is 4.42. The maximum absolute atomic E-state index is 13.0. The summed E-state index contributed by atoms with van der Waals surface area (Å²) in [5, 5.41) is 0.527. The smallest absolute Gasteiger partial charge is 0.254 e. The molecule has 3 aromatic rings. The second-order valence-corrected chi connectivity index (χ2v) is 6.81. The molecule has 1 aromatic heterocycles. The second kappa shape index (κ2) is 7.65. The van der Waals surface area contributed by atoms with E-state index in [-0.39, 0.29) is 5.91 Å². The fourth-order valence-electron chi connectivity index (χ4n) is 3.17. The number of amides is 1. The van der Waals surface area contributed by atoms with Crippen LogP contribution in [0.4, 0.5) is 0 Å². The van der Waals surface area contributed by atoms with Gasteiger partial charge in [0.25, 0.3) is 5.91 Å². The first-order valence-electron chi connectivity index (χ1n) is 8.79. The van der Waals surface area contributed by atoms with E-state index in [1.807, 2.05) is 35.2 Å². The maximum Gasteiger partial charge on any atom is 0.254 e. The van der Waals surface area contributed by atoms with Crippen molar-refractivity contribution in [1.29, 1.82) is 0 Å². The molecule has 4 rings (SSSR count). The first-order chi connectivity index (χ1) is 13.2. The van der Waals surface area contributed by atoms with Crippen LogP contribution in [0.3, 0.4) is 0 Å². The molecule has 0 bridgehead atoms. The van der Waals surface area contributed by atoms with Gasteiger partial charge in [0, 0.05) is 30.4 Å². The molecule has 4 heteroatoms. The van der Waals surface area contributed by atoms with Gasteiger partial charge in [0.05, 0.1) is 5.02 Å². The highest BCUT2D eigenvalue weighted by atomic mass is 35.5. The first kappa shape index (κ1) is 17.3. The minimum Gasteiger partial charge on any atom is -0.334 e. The average Bonchev–Trinajstić information content (AvgIpc) is 2.73. The van der Waals surface area contributed by atoms with E-state index in [9.17, 15) is 4.79 Å². The van der Waals surface area contributed by atoms with E-state index >= 15 is 0 Å². The van der Waals surface area contributed by atoms with E-state index in [0.29, 0.717) is 34.9 Å². The van der Waals surface area contributed by atoms with E-state index in [4.69, 9.17) is 11.6 Å². The lowest BCUT2D eigenvalue weighted by Gasteiger charge is -2.29. The van der Waals surface area contributed by atoms with Gasteiger partial charge in [0.1, 0.15) is 5.69 Å². The number of hydrogen-bond donors (Lipinski definition) is 0. The third-order valence-corrected chi connectivity index (χ3v) is 4.95. The molecule has 2 aromatic carbocycles. The quantitative estimate of drug-likeness (QED) is 0.595. The number of halogens is 1. The van der Waals surface area contributed by atoms with Gasteiger partial charge in [-0.1, -0.05) is 47.9 Å². The SMILES string of the molecule is O=C(c1ccc(Cl)c(C#Cc2ccccn2)c1)N1CCc2ccccc2C1. The number of nitrogens with zero attached hydrogens (tertiary/aromatic N) is 2. The van der Waals surface area contributed by atoms with Gasteiger partial charge >= 0.3 is 0 Å². The average molecular weight is 373 g/mol. The van der Waals surface area contributed by atoms with Crippen molar-refractivity contribution in [3.05, 3.63) is 99.8 Å². The highest BCUT2D eigenvalue weighted by molar-refractivity contribution is 6.31. The Labute approximate surface area is 163 Å². The van der Waals surface area contributed by atoms with Crippen LogP contribution in [0.2, 0.25) is 5.02 Å². The molecule has 0 N–H and O–H groups in total. The van der Waals surface area contributed by atoms with Gasteiger partial charge in [-0.3, -0.25) is 4.79 Å². The van der Waals surface area contributed by atoms with Crippen LogP contribution in [0, 0.1) is 11.8 Å². The number of hydrogen-bond acceptors (Lipinski definition) is 2. The molecule has 0 saturated heterocycles. The highest BCUT2D eigenvalue weighted by Gasteiger charge is 2.21. The van der Waals surface area contributed by atoms with Crippen molar-refractivity contribution in [2.45, 2.75) is 13.0 Å². The van der Waals surface area contributed by atoms with Crippen molar-refractivity contribution in [3.63, 3.8) is 0 Å². The predicted octanol–water partition coefficient (Wildman–Crippen LogP) is 4.33. The van der Waals surface area contributed by atoms with Gasteiger partial charge in [-0.25, -0.2) is 4.98 Å². The molecule has 1 aliphatic rings. The molecule has 132 valence electrons. The zero-order valence-corrected chi connectivity index (χ0v) is 15.4. The summed E-state index contributed by atoms with van der Waals surface area (Å²) in [6.07, 6.45) is 2.57. The van der Waals surface area contributed by atoms with Crippen LogP contribution in [0.1, 0.15) is 32.7 Å². The fourth-order valence-corrected chi connectivity index (χ4v) is 3.34. The zero-order chi connectivity index (χ0) is 18.6. The zero-order valence-electron chi connectivity index (χ0n) is 14.7. The van der Waals surface area contributed by atoms with Gasteiger partial charge in [-0.05, 0) is 53.8 Å². The van der Waals surface area contributed by atoms with Crippen molar-refractivity contribution < 1.29 is 4.79 Å². The summed E-state index contributed by atoms with van der Waals surface area (Å²) in [6, 6.07) is 19.1. The van der Waals surface area contributed by atoms with E-state index in [0.717, 1.165) is 6.42 Å². The van der Waals surface area contributed by atoms with Crippen LogP contribution in [-0.2, 0) is 13.0 Å². The number of fused-ring (bicyclic) bond motifs is 1. The summed E-state index contributed by atoms with van der Waals surface area (Å²) < 4.78 is 0. The van der Waals surface area contributed by atoms with E-state index in [2.05, 4.69) is 29.0 Å². The third kappa shape index (κ3) is 3.86.